The standard InChI is InChI=1S/C23H25FN8O/c24-19-21(16-10-15(30-31-16)13-7-8-13)28-23(29-22(19)25)26-11-14-4-3-5-17-20(14)27-12-32(17)18-6-1-2-9-33-18/h3-5,10,12-13,18H,1-2,6-9,11H2,(H,30,31)(H3,25,26,28,29). The quantitative estimate of drug-likeness (QED) is 0.406. The van der Waals surface area contributed by atoms with Gasteiger partial charge < -0.3 is 20.4 Å². The first-order valence-corrected chi connectivity index (χ1v) is 11.4. The lowest BCUT2D eigenvalue weighted by molar-refractivity contribution is -0.0295. The number of nitrogens with two attached hydrogens (primary N) is 1. The molecule has 3 aromatic heterocycles. The van der Waals surface area contributed by atoms with Crippen molar-refractivity contribution >= 4 is 22.8 Å². The molecule has 1 aliphatic heterocycles. The number of halogens is 1. The van der Waals surface area contributed by atoms with Crippen LogP contribution < -0.4 is 11.1 Å². The van der Waals surface area contributed by atoms with E-state index >= 15 is 0 Å². The summed E-state index contributed by atoms with van der Waals surface area (Å²) in [5, 5.41) is 10.4. The largest absolute Gasteiger partial charge is 0.381 e. The Hall–Kier alpha value is -3.53. The minimum Gasteiger partial charge on any atom is -0.381 e. The molecule has 4 N–H and O–H groups in total. The van der Waals surface area contributed by atoms with Crippen molar-refractivity contribution in [2.24, 2.45) is 0 Å². The predicted molar refractivity (Wildman–Crippen MR) is 122 cm³/mol. The fraction of sp³-hybridized carbons (Fsp3) is 0.391. The van der Waals surface area contributed by atoms with Crippen LogP contribution in [0.2, 0.25) is 0 Å². The Kier molecular flexibility index (Phi) is 4.94. The summed E-state index contributed by atoms with van der Waals surface area (Å²) in [6.07, 6.45) is 7.33. The van der Waals surface area contributed by atoms with E-state index in [2.05, 4.69) is 35.0 Å². The van der Waals surface area contributed by atoms with E-state index in [0.29, 0.717) is 18.2 Å². The third kappa shape index (κ3) is 3.80. The van der Waals surface area contributed by atoms with Crippen molar-refractivity contribution in [1.82, 2.24) is 29.7 Å². The molecule has 0 spiro atoms. The average molecular weight is 449 g/mol. The average Bonchev–Trinajstić information content (AvgIpc) is 3.41. The van der Waals surface area contributed by atoms with Gasteiger partial charge in [-0.15, -0.1) is 0 Å². The number of nitrogens with one attached hydrogen (secondary N) is 2. The summed E-state index contributed by atoms with van der Waals surface area (Å²) in [7, 11) is 0. The number of benzene rings is 1. The number of nitrogens with zero attached hydrogens (tertiary/aromatic N) is 5. The van der Waals surface area contributed by atoms with Crippen molar-refractivity contribution < 1.29 is 9.13 Å². The van der Waals surface area contributed by atoms with Gasteiger partial charge in [-0.2, -0.15) is 10.1 Å². The van der Waals surface area contributed by atoms with Crippen molar-refractivity contribution in [1.29, 1.82) is 0 Å². The number of anilines is 2. The molecule has 1 saturated carbocycles. The van der Waals surface area contributed by atoms with Gasteiger partial charge in [-0.05, 0) is 49.8 Å². The normalized spacial score (nSPS) is 18.6. The number of para-hydroxylation sites is 1. The second-order valence-corrected chi connectivity index (χ2v) is 8.69. The summed E-state index contributed by atoms with van der Waals surface area (Å²) in [6.45, 7) is 1.19. The molecule has 0 radical (unpaired) electrons. The van der Waals surface area contributed by atoms with E-state index in [0.717, 1.165) is 61.0 Å². The molecule has 2 fully saturated rings. The van der Waals surface area contributed by atoms with Gasteiger partial charge in [0.2, 0.25) is 5.95 Å². The molecule has 0 bridgehead atoms. The summed E-state index contributed by atoms with van der Waals surface area (Å²) in [4.78, 5) is 13.1. The number of H-pyrrole nitrogens is 1. The van der Waals surface area contributed by atoms with Crippen LogP contribution in [-0.2, 0) is 11.3 Å². The molecule has 1 aromatic carbocycles. The monoisotopic (exact) mass is 448 g/mol. The molecule has 33 heavy (non-hydrogen) atoms. The van der Waals surface area contributed by atoms with Gasteiger partial charge in [-0.3, -0.25) is 5.10 Å². The zero-order valence-electron chi connectivity index (χ0n) is 18.1. The molecule has 4 heterocycles. The Morgan fingerprint density at radius 1 is 1.21 bits per heavy atom. The van der Waals surface area contributed by atoms with Crippen LogP contribution in [-0.4, -0.2) is 36.3 Å². The van der Waals surface area contributed by atoms with E-state index in [9.17, 15) is 4.39 Å². The van der Waals surface area contributed by atoms with Crippen molar-refractivity contribution in [2.45, 2.75) is 50.8 Å². The van der Waals surface area contributed by atoms with Gasteiger partial charge in [0.1, 0.15) is 17.6 Å². The van der Waals surface area contributed by atoms with E-state index in [-0.39, 0.29) is 23.7 Å². The fourth-order valence-corrected chi connectivity index (χ4v) is 4.38. The second kappa shape index (κ2) is 8.11. The van der Waals surface area contributed by atoms with E-state index in [1.807, 2.05) is 30.6 Å². The first kappa shape index (κ1) is 20.1. The van der Waals surface area contributed by atoms with Gasteiger partial charge >= 0.3 is 0 Å². The minimum atomic E-state index is -0.664. The first-order chi connectivity index (χ1) is 16.2. The van der Waals surface area contributed by atoms with Crippen LogP contribution >= 0.6 is 0 Å². The number of hydrogen-bond donors (Lipinski definition) is 3. The topological polar surface area (TPSA) is 120 Å². The van der Waals surface area contributed by atoms with Crippen molar-refractivity contribution in [3.63, 3.8) is 0 Å². The fourth-order valence-electron chi connectivity index (χ4n) is 4.38. The molecule has 1 saturated heterocycles. The zero-order chi connectivity index (χ0) is 22.4. The number of imidazole rings is 1. The third-order valence-electron chi connectivity index (χ3n) is 6.32. The van der Waals surface area contributed by atoms with E-state index < -0.39 is 5.82 Å². The highest BCUT2D eigenvalue weighted by molar-refractivity contribution is 5.79. The van der Waals surface area contributed by atoms with Crippen LogP contribution in [0.15, 0.2) is 30.6 Å². The number of aromatic amines is 1. The van der Waals surface area contributed by atoms with Crippen LogP contribution in [0.5, 0.6) is 0 Å². The maximum atomic E-state index is 14.7. The summed E-state index contributed by atoms with van der Waals surface area (Å²) in [5.41, 5.74) is 10.3. The number of hydrogen-bond acceptors (Lipinski definition) is 7. The van der Waals surface area contributed by atoms with Gasteiger partial charge in [-0.25, -0.2) is 14.4 Å². The molecule has 170 valence electrons. The third-order valence-corrected chi connectivity index (χ3v) is 6.32. The van der Waals surface area contributed by atoms with Crippen LogP contribution in [0.3, 0.4) is 0 Å². The maximum Gasteiger partial charge on any atom is 0.225 e. The van der Waals surface area contributed by atoms with Gasteiger partial charge in [0.25, 0.3) is 0 Å². The molecular weight excluding hydrogens is 423 g/mol. The number of aromatic nitrogens is 6. The molecule has 10 heteroatoms. The molecule has 9 nitrogen and oxygen atoms in total. The maximum absolute atomic E-state index is 14.7. The molecule has 1 unspecified atom stereocenters. The Bertz CT molecular complexity index is 1310. The van der Waals surface area contributed by atoms with Crippen molar-refractivity contribution in [3.05, 3.63) is 47.7 Å². The Balaban J connectivity index is 1.25. The number of rotatable bonds is 6. The van der Waals surface area contributed by atoms with Crippen molar-refractivity contribution in [2.75, 3.05) is 17.7 Å². The summed E-state index contributed by atoms with van der Waals surface area (Å²) < 4.78 is 22.7. The highest BCUT2D eigenvalue weighted by Gasteiger charge is 2.27. The van der Waals surface area contributed by atoms with Crippen LogP contribution in [0.4, 0.5) is 16.2 Å². The Morgan fingerprint density at radius 2 is 2.12 bits per heavy atom. The molecule has 1 atom stereocenters. The first-order valence-electron chi connectivity index (χ1n) is 11.4. The molecule has 1 aliphatic carbocycles. The number of fused-ring (bicyclic) bond motifs is 1. The molecular formula is C23H25FN8O. The lowest BCUT2D eigenvalue weighted by atomic mass is 10.1. The van der Waals surface area contributed by atoms with Crippen LogP contribution in [0.25, 0.3) is 22.4 Å². The van der Waals surface area contributed by atoms with Gasteiger partial charge in [0.05, 0.1) is 17.4 Å². The highest BCUT2D eigenvalue weighted by Crippen LogP contribution is 2.40. The van der Waals surface area contributed by atoms with E-state index in [4.69, 9.17) is 10.5 Å². The number of nitrogen functional groups attached to an aromatic ring is 1. The Labute approximate surface area is 189 Å². The summed E-state index contributed by atoms with van der Waals surface area (Å²) in [5.74, 6) is -0.157. The lowest BCUT2D eigenvalue weighted by Gasteiger charge is -2.24. The molecule has 0 amide bonds. The lowest BCUT2D eigenvalue weighted by Crippen LogP contribution is -2.17. The minimum absolute atomic E-state index is 0.0177. The van der Waals surface area contributed by atoms with Gasteiger partial charge in [-0.1, -0.05) is 12.1 Å². The number of ether oxygens (including phenoxy) is 1. The van der Waals surface area contributed by atoms with Gasteiger partial charge in [0, 0.05) is 24.8 Å². The molecule has 4 aromatic rings. The van der Waals surface area contributed by atoms with E-state index in [1.165, 1.54) is 0 Å². The summed E-state index contributed by atoms with van der Waals surface area (Å²) >= 11 is 0. The smallest absolute Gasteiger partial charge is 0.225 e. The highest BCUT2D eigenvalue weighted by atomic mass is 19.1. The van der Waals surface area contributed by atoms with Crippen LogP contribution in [0.1, 0.15) is 55.5 Å². The molecule has 6 rings (SSSR count). The predicted octanol–water partition coefficient (Wildman–Crippen LogP) is 4.13. The van der Waals surface area contributed by atoms with E-state index in [1.54, 1.807) is 0 Å². The SMILES string of the molecule is Nc1nc(NCc2cccc3c2ncn3C2CCCCO2)nc(-c2cc(C3CC3)[nH]n2)c1F. The van der Waals surface area contributed by atoms with Crippen molar-refractivity contribution in [3.8, 4) is 11.4 Å². The second-order valence-electron chi connectivity index (χ2n) is 8.69. The van der Waals surface area contributed by atoms with Crippen LogP contribution in [0, 0.1) is 5.82 Å². The van der Waals surface area contributed by atoms with Gasteiger partial charge in [0.15, 0.2) is 11.6 Å². The molecule has 2 aliphatic rings. The summed E-state index contributed by atoms with van der Waals surface area (Å²) in [6, 6.07) is 7.88. The Morgan fingerprint density at radius 3 is 2.94 bits per heavy atom. The zero-order valence-corrected chi connectivity index (χ0v) is 18.1.